The van der Waals surface area contributed by atoms with Gasteiger partial charge in [0.2, 0.25) is 5.28 Å². The standard InChI is InChI=1S/C23H27ClFN5O9P2/c24-22-27-19(29-9-23(6-1-2-7-23)15-12(25)4-3-5-13(15)29)16-20(28-22)30(10-26-16)21-18(32)17(31)14(39-21)8-38-41(36,37)11-40(33,34)35/h3-5,10,14,17-18,21,31-32H,1-2,6-9,11H2,(H,36,37)(H2,33,34,35)/t14-,17?,18?,21-/m1/s1. The number of fused-ring (bicyclic) bond motifs is 3. The second kappa shape index (κ2) is 10.3. The number of rotatable bonds is 7. The van der Waals surface area contributed by atoms with E-state index in [2.05, 4.69) is 15.0 Å². The summed E-state index contributed by atoms with van der Waals surface area (Å²) in [6.45, 7) is -0.274. The first kappa shape index (κ1) is 29.1. The molecule has 1 saturated heterocycles. The van der Waals surface area contributed by atoms with Crippen LogP contribution in [0.2, 0.25) is 5.28 Å². The molecule has 0 amide bonds. The largest absolute Gasteiger partial charge is 0.387 e. The first-order chi connectivity index (χ1) is 19.3. The number of hydrogen-bond donors (Lipinski definition) is 5. The molecule has 3 aliphatic rings. The number of benzene rings is 1. The predicted octanol–water partition coefficient (Wildman–Crippen LogP) is 2.54. The fourth-order valence-electron chi connectivity index (χ4n) is 6.19. The summed E-state index contributed by atoms with van der Waals surface area (Å²) >= 11 is 6.33. The van der Waals surface area contributed by atoms with Gasteiger partial charge in [-0.2, -0.15) is 9.97 Å². The van der Waals surface area contributed by atoms with Crippen molar-refractivity contribution in [3.8, 4) is 0 Å². The van der Waals surface area contributed by atoms with Gasteiger partial charge >= 0.3 is 15.2 Å². The number of aliphatic hydroxyl groups excluding tert-OH is 2. The Kier molecular flexibility index (Phi) is 7.30. The second-order valence-corrected chi connectivity index (χ2v) is 15.0. The third kappa shape index (κ3) is 5.22. The molecule has 2 fully saturated rings. The Morgan fingerprint density at radius 2 is 1.88 bits per heavy atom. The predicted molar refractivity (Wildman–Crippen MR) is 142 cm³/mol. The van der Waals surface area contributed by atoms with E-state index >= 15 is 4.39 Å². The van der Waals surface area contributed by atoms with Gasteiger partial charge in [-0.15, -0.1) is 0 Å². The number of imidazole rings is 1. The van der Waals surface area contributed by atoms with Crippen LogP contribution >= 0.6 is 26.8 Å². The van der Waals surface area contributed by atoms with E-state index in [1.165, 1.54) is 17.0 Å². The van der Waals surface area contributed by atoms with E-state index in [9.17, 15) is 24.2 Å². The molecular weight excluding hydrogens is 607 g/mol. The van der Waals surface area contributed by atoms with E-state index in [0.29, 0.717) is 23.6 Å². The zero-order valence-corrected chi connectivity index (χ0v) is 23.9. The van der Waals surface area contributed by atoms with E-state index in [-0.39, 0.29) is 27.7 Å². The third-order valence-electron chi connectivity index (χ3n) is 7.88. The summed E-state index contributed by atoms with van der Waals surface area (Å²) in [5.41, 5.74) is 1.36. The summed E-state index contributed by atoms with van der Waals surface area (Å²) in [5, 5.41) is 21.2. The minimum atomic E-state index is -4.86. The third-order valence-corrected chi connectivity index (χ3v) is 11.5. The lowest BCUT2D eigenvalue weighted by atomic mass is 9.80. The quantitative estimate of drug-likeness (QED) is 0.188. The average Bonchev–Trinajstić information content (AvgIpc) is 3.64. The zero-order valence-electron chi connectivity index (χ0n) is 21.3. The highest BCUT2D eigenvalue weighted by molar-refractivity contribution is 7.70. The Morgan fingerprint density at radius 1 is 1.15 bits per heavy atom. The number of ether oxygens (including phenoxy) is 1. The van der Waals surface area contributed by atoms with Gasteiger partial charge in [0.25, 0.3) is 0 Å². The fraction of sp³-hybridized carbons (Fsp3) is 0.522. The Labute approximate surface area is 237 Å². The van der Waals surface area contributed by atoms with Crippen LogP contribution in [0.4, 0.5) is 15.9 Å². The number of aliphatic hydroxyl groups is 2. The maximum absolute atomic E-state index is 15.2. The molecule has 5 N–H and O–H groups in total. The Balaban J connectivity index is 1.31. The van der Waals surface area contributed by atoms with Crippen molar-refractivity contribution in [2.75, 3.05) is 24.0 Å². The molecule has 222 valence electrons. The van der Waals surface area contributed by atoms with Crippen molar-refractivity contribution in [1.82, 2.24) is 19.5 Å². The van der Waals surface area contributed by atoms with Crippen molar-refractivity contribution in [3.63, 3.8) is 0 Å². The van der Waals surface area contributed by atoms with Crippen LogP contribution in [-0.2, 0) is 23.8 Å². The molecule has 1 aromatic carbocycles. The van der Waals surface area contributed by atoms with Gasteiger partial charge < -0.3 is 39.1 Å². The molecule has 6 rings (SSSR count). The van der Waals surface area contributed by atoms with Gasteiger partial charge in [0.05, 0.1) is 12.9 Å². The van der Waals surface area contributed by atoms with Crippen molar-refractivity contribution < 1.29 is 47.7 Å². The SMILES string of the molecule is O=P(O)(O)CP(=O)(O)OC[C@H]1O[C@@H](n2cnc3c(N4CC5(CCCC5)c5c(F)cccc54)nc(Cl)nc32)C(O)C1O. The van der Waals surface area contributed by atoms with E-state index in [4.69, 9.17) is 30.6 Å². The van der Waals surface area contributed by atoms with Crippen LogP contribution in [0.5, 0.6) is 0 Å². The normalized spacial score (nSPS) is 27.1. The summed E-state index contributed by atoms with van der Waals surface area (Å²) < 4.78 is 50.1. The first-order valence-corrected chi connectivity index (χ1v) is 16.7. The van der Waals surface area contributed by atoms with Crippen LogP contribution in [0.1, 0.15) is 37.5 Å². The molecule has 5 atom stereocenters. The molecule has 1 spiro atoms. The summed E-state index contributed by atoms with van der Waals surface area (Å²) in [7, 11) is -9.59. The molecule has 1 aliphatic carbocycles. The van der Waals surface area contributed by atoms with E-state index in [1.54, 1.807) is 6.07 Å². The van der Waals surface area contributed by atoms with Crippen molar-refractivity contribution in [2.45, 2.75) is 55.6 Å². The van der Waals surface area contributed by atoms with Crippen LogP contribution in [0.3, 0.4) is 0 Å². The molecule has 2 aromatic heterocycles. The second-order valence-electron chi connectivity index (χ2n) is 10.6. The molecule has 3 unspecified atom stereocenters. The van der Waals surface area contributed by atoms with Gasteiger partial charge in [0.15, 0.2) is 29.1 Å². The molecule has 3 aromatic rings. The maximum atomic E-state index is 15.2. The van der Waals surface area contributed by atoms with Crippen molar-refractivity contribution >= 4 is 49.5 Å². The van der Waals surface area contributed by atoms with E-state index in [1.807, 2.05) is 11.0 Å². The molecule has 41 heavy (non-hydrogen) atoms. The Bertz CT molecular complexity index is 1600. The Morgan fingerprint density at radius 3 is 2.59 bits per heavy atom. The molecular formula is C23H27ClFN5O9P2. The molecule has 1 saturated carbocycles. The van der Waals surface area contributed by atoms with E-state index < -0.39 is 52.2 Å². The number of anilines is 2. The fourth-order valence-corrected chi connectivity index (χ4v) is 8.92. The molecule has 0 radical (unpaired) electrons. The lowest BCUT2D eigenvalue weighted by Gasteiger charge is -2.25. The van der Waals surface area contributed by atoms with Gasteiger partial charge in [-0.25, -0.2) is 9.37 Å². The topological polar surface area (TPSA) is 201 Å². The van der Waals surface area contributed by atoms with Crippen molar-refractivity contribution in [2.24, 2.45) is 0 Å². The summed E-state index contributed by atoms with van der Waals surface area (Å²) in [4.78, 5) is 42.7. The maximum Gasteiger partial charge on any atom is 0.340 e. The monoisotopic (exact) mass is 633 g/mol. The van der Waals surface area contributed by atoms with Gasteiger partial charge in [0.1, 0.15) is 24.1 Å². The number of hydrogen-bond acceptors (Lipinski definition) is 10. The molecule has 4 heterocycles. The summed E-state index contributed by atoms with van der Waals surface area (Å²) in [6, 6.07) is 4.90. The molecule has 18 heteroatoms. The zero-order chi connectivity index (χ0) is 29.3. The lowest BCUT2D eigenvalue weighted by molar-refractivity contribution is -0.0483. The van der Waals surface area contributed by atoms with Gasteiger partial charge in [0, 0.05) is 23.2 Å². The van der Waals surface area contributed by atoms with Crippen molar-refractivity contribution in [3.05, 3.63) is 41.2 Å². The van der Waals surface area contributed by atoms with Gasteiger partial charge in [-0.1, -0.05) is 18.9 Å². The van der Waals surface area contributed by atoms with Crippen molar-refractivity contribution in [1.29, 1.82) is 0 Å². The van der Waals surface area contributed by atoms with Gasteiger partial charge in [-0.3, -0.25) is 13.7 Å². The Hall–Kier alpha value is -2.03. The van der Waals surface area contributed by atoms with Crippen LogP contribution in [0.15, 0.2) is 24.5 Å². The minimum absolute atomic E-state index is 0.147. The molecule has 0 bridgehead atoms. The number of nitrogens with zero attached hydrogens (tertiary/aromatic N) is 5. The van der Waals surface area contributed by atoms with Crippen LogP contribution in [0, 0.1) is 5.82 Å². The molecule has 14 nitrogen and oxygen atoms in total. The van der Waals surface area contributed by atoms with Crippen LogP contribution in [0.25, 0.3) is 11.2 Å². The lowest BCUT2D eigenvalue weighted by Crippen LogP contribution is -2.33. The highest BCUT2D eigenvalue weighted by Crippen LogP contribution is 2.56. The highest BCUT2D eigenvalue weighted by Gasteiger charge is 2.49. The minimum Gasteiger partial charge on any atom is -0.387 e. The first-order valence-electron chi connectivity index (χ1n) is 12.8. The van der Waals surface area contributed by atoms with Gasteiger partial charge in [-0.05, 0) is 36.6 Å². The van der Waals surface area contributed by atoms with Crippen LogP contribution in [-0.4, -0.2) is 81.8 Å². The highest BCUT2D eigenvalue weighted by atomic mass is 35.5. The smallest absolute Gasteiger partial charge is 0.340 e. The number of halogens is 2. The summed E-state index contributed by atoms with van der Waals surface area (Å²) in [5.74, 6) is -1.36. The van der Waals surface area contributed by atoms with E-state index in [0.717, 1.165) is 25.7 Å². The number of aromatic nitrogens is 4. The van der Waals surface area contributed by atoms with Crippen LogP contribution < -0.4 is 4.90 Å². The summed E-state index contributed by atoms with van der Waals surface area (Å²) in [6.07, 6.45) is -0.873. The molecule has 2 aliphatic heterocycles. The average molecular weight is 634 g/mol.